The van der Waals surface area contributed by atoms with Gasteiger partial charge in [-0.1, -0.05) is 22.6 Å². The topological polar surface area (TPSA) is 37.3 Å². The molecule has 0 saturated carbocycles. The van der Waals surface area contributed by atoms with E-state index in [1.54, 1.807) is 22.6 Å². The Balaban J connectivity index is 0. The minimum Gasteiger partial charge on any atom is -0.477 e. The van der Waals surface area contributed by atoms with Crippen LogP contribution in [0, 0.1) is 0 Å². The molecule has 2 nitrogen and oxygen atoms in total. The van der Waals surface area contributed by atoms with Gasteiger partial charge in [0.25, 0.3) is 0 Å². The van der Waals surface area contributed by atoms with Gasteiger partial charge in [-0.25, -0.2) is 4.79 Å². The van der Waals surface area contributed by atoms with Gasteiger partial charge in [0, 0.05) is 19.5 Å². The van der Waals surface area contributed by atoms with Gasteiger partial charge in [0.05, 0.1) is 0 Å². The molecule has 0 bridgehead atoms. The normalized spacial score (nSPS) is 10.0. The number of carbonyl (C=O) groups is 1. The summed E-state index contributed by atoms with van der Waals surface area (Å²) in [5, 5.41) is 8.10. The third-order valence-electron chi connectivity index (χ3n) is 0.300. The molecule has 1 N–H and O–H groups in total. The smallest absolute Gasteiger partial charge is 0.342 e. The van der Waals surface area contributed by atoms with Crippen LogP contribution in [0.3, 0.4) is 0 Å². The van der Waals surface area contributed by atoms with Crippen molar-refractivity contribution in [3.63, 3.8) is 0 Å². The first-order valence-corrected chi connectivity index (χ1v) is 3.70. The van der Waals surface area contributed by atoms with Crippen molar-refractivity contribution in [2.45, 2.75) is 0 Å². The largest absolute Gasteiger partial charge is 0.477 e. The van der Waals surface area contributed by atoms with Crippen molar-refractivity contribution in [1.82, 2.24) is 0 Å². The van der Waals surface area contributed by atoms with Crippen LogP contribution in [0.4, 0.5) is 0 Å². The fourth-order valence-corrected chi connectivity index (χ4v) is 0.313. The fraction of sp³-hybridized carbons (Fsp3) is 0. The zero-order valence-corrected chi connectivity index (χ0v) is 11.2. The first-order valence-electron chi connectivity index (χ1n) is 1.37. The maximum absolute atomic E-state index is 9.85. The number of carboxylic acid groups (broad SMARTS) is 1. The number of hydrogen-bond acceptors (Lipinski definition) is 1. The monoisotopic (exact) mass is 388 g/mol. The Morgan fingerprint density at radius 2 is 2.00 bits per heavy atom. The summed E-state index contributed by atoms with van der Waals surface area (Å²) in [4.78, 5) is 9.85. The molecule has 0 aromatic heterocycles. The molecule has 0 atom stereocenters. The van der Waals surface area contributed by atoms with Crippen molar-refractivity contribution >= 4 is 51.2 Å². The van der Waals surface area contributed by atoms with E-state index in [4.69, 9.17) is 5.11 Å². The molecule has 0 fully saturated rings. The number of hydrogen-bond donors (Lipinski definition) is 1. The quantitative estimate of drug-likeness (QED) is 0.422. The van der Waals surface area contributed by atoms with Crippen LogP contribution in [0.15, 0.2) is 7.66 Å². The predicted molar refractivity (Wildman–Crippen MR) is 43.8 cm³/mol. The average Bonchev–Trinajstić information content (AvgIpc) is 1.65. The van der Waals surface area contributed by atoms with Crippen molar-refractivity contribution in [3.8, 4) is 0 Å². The number of aliphatic carboxylic acids is 1. The number of rotatable bonds is 1. The molecule has 0 aliphatic carbocycles. The predicted octanol–water partition coefficient (Wildman–Crippen LogP) is 1.78. The van der Waals surface area contributed by atoms with E-state index in [-0.39, 0.29) is 19.5 Å². The van der Waals surface area contributed by atoms with Crippen LogP contribution >= 0.6 is 45.2 Å². The van der Waals surface area contributed by atoms with Crippen LogP contribution in [0.1, 0.15) is 0 Å². The van der Waals surface area contributed by atoms with Gasteiger partial charge in [0.15, 0.2) is 0 Å². The third-order valence-corrected chi connectivity index (χ3v) is 2.89. The average molecular weight is 389 g/mol. The Hall–Kier alpha value is 1.29. The van der Waals surface area contributed by atoms with Gasteiger partial charge < -0.3 is 5.11 Å². The molecule has 0 saturated heterocycles. The van der Waals surface area contributed by atoms with E-state index in [0.717, 1.165) is 0 Å². The zero-order valence-electron chi connectivity index (χ0n) is 3.90. The summed E-state index contributed by atoms with van der Waals surface area (Å²) in [6.45, 7) is 0. The Labute approximate surface area is 87.1 Å². The van der Waals surface area contributed by atoms with Gasteiger partial charge in [-0.05, 0) is 26.7 Å². The molecule has 5 heteroatoms. The molecule has 42 valence electrons. The Kier molecular flexibility index (Phi) is 9.63. The van der Waals surface area contributed by atoms with E-state index in [1.807, 2.05) is 22.6 Å². The molecule has 0 radical (unpaired) electrons. The fourth-order valence-electron chi connectivity index (χ4n) is 0.0467. The van der Waals surface area contributed by atoms with Crippen molar-refractivity contribution in [2.75, 3.05) is 0 Å². The van der Waals surface area contributed by atoms with Crippen LogP contribution in [-0.2, 0) is 24.3 Å². The minimum absolute atomic E-state index is 0. The van der Waals surface area contributed by atoms with Gasteiger partial charge in [-0.15, -0.1) is 0 Å². The summed E-state index contributed by atoms with van der Waals surface area (Å²) < 4.78 is 1.86. The van der Waals surface area contributed by atoms with Crippen molar-refractivity contribution < 1.29 is 29.4 Å². The first kappa shape index (κ1) is 12.0. The number of halogens is 2. The molecule has 0 spiro atoms. The molecule has 0 unspecified atom stereocenters. The Bertz CT molecular complexity index is 112. The van der Waals surface area contributed by atoms with Gasteiger partial charge in [0.2, 0.25) is 0 Å². The second kappa shape index (κ2) is 6.41. The van der Waals surface area contributed by atoms with Gasteiger partial charge >= 0.3 is 5.97 Å². The molecule has 0 aliphatic heterocycles. The van der Waals surface area contributed by atoms with E-state index in [2.05, 4.69) is 0 Å². The molecular formula is C3H2I2O2Zn. The summed E-state index contributed by atoms with van der Waals surface area (Å²) in [5.41, 5.74) is 0. The molecule has 0 aromatic rings. The van der Waals surface area contributed by atoms with Crippen molar-refractivity contribution in [3.05, 3.63) is 7.66 Å². The van der Waals surface area contributed by atoms with Crippen molar-refractivity contribution in [1.29, 1.82) is 0 Å². The summed E-state index contributed by atoms with van der Waals surface area (Å²) >= 11 is 3.63. The van der Waals surface area contributed by atoms with E-state index in [0.29, 0.717) is 3.58 Å². The molecule has 0 aromatic carbocycles. The molecule has 0 aliphatic rings. The van der Waals surface area contributed by atoms with Crippen molar-refractivity contribution in [2.24, 2.45) is 0 Å². The second-order valence-electron chi connectivity index (χ2n) is 0.762. The van der Waals surface area contributed by atoms with E-state index in [9.17, 15) is 4.79 Å². The molecular weight excluding hydrogens is 387 g/mol. The summed E-state index contributed by atoms with van der Waals surface area (Å²) in [6, 6.07) is 0. The van der Waals surface area contributed by atoms with E-state index >= 15 is 0 Å². The van der Waals surface area contributed by atoms with Crippen LogP contribution in [0.5, 0.6) is 0 Å². The Morgan fingerprint density at radius 3 is 2.00 bits per heavy atom. The SMILES string of the molecule is O=C(O)C(I)=CI.[Zn]. The summed E-state index contributed by atoms with van der Waals surface area (Å²) in [6.07, 6.45) is 0. The van der Waals surface area contributed by atoms with E-state index < -0.39 is 5.97 Å². The zero-order chi connectivity index (χ0) is 5.86. The maximum atomic E-state index is 9.85. The third kappa shape index (κ3) is 5.43. The first-order chi connectivity index (χ1) is 3.18. The standard InChI is InChI=1S/C3H2I2O2.Zn/c4-1-2(5)3(6)7;/h1H,(H,6,7);. The number of carboxylic acids is 1. The van der Waals surface area contributed by atoms with Crippen LogP contribution in [-0.4, -0.2) is 11.1 Å². The van der Waals surface area contributed by atoms with Crippen LogP contribution in [0.25, 0.3) is 0 Å². The Morgan fingerprint density at radius 1 is 1.62 bits per heavy atom. The van der Waals surface area contributed by atoms with E-state index in [1.165, 1.54) is 4.08 Å². The molecule has 0 heterocycles. The summed E-state index contributed by atoms with van der Waals surface area (Å²) in [7, 11) is 0. The van der Waals surface area contributed by atoms with Gasteiger partial charge in [-0.2, -0.15) is 0 Å². The molecule has 8 heavy (non-hydrogen) atoms. The molecule has 0 amide bonds. The second-order valence-corrected chi connectivity index (χ2v) is 2.55. The van der Waals surface area contributed by atoms with Crippen LogP contribution < -0.4 is 0 Å². The van der Waals surface area contributed by atoms with Crippen LogP contribution in [0.2, 0.25) is 0 Å². The summed E-state index contributed by atoms with van der Waals surface area (Å²) in [5.74, 6) is -0.866. The maximum Gasteiger partial charge on any atom is 0.342 e. The molecule has 0 rings (SSSR count). The van der Waals surface area contributed by atoms with Gasteiger partial charge in [-0.3, -0.25) is 0 Å². The minimum atomic E-state index is -0.866. The van der Waals surface area contributed by atoms with Gasteiger partial charge in [0.1, 0.15) is 3.58 Å².